The van der Waals surface area contributed by atoms with Gasteiger partial charge in [0.15, 0.2) is 0 Å². The molecule has 0 bridgehead atoms. The van der Waals surface area contributed by atoms with Crippen LogP contribution in [0.3, 0.4) is 0 Å². The maximum Gasteiger partial charge on any atom is 0.416 e. The fourth-order valence-electron chi connectivity index (χ4n) is 1.02. The van der Waals surface area contributed by atoms with Crippen LogP contribution in [0.2, 0.25) is 0 Å². The highest BCUT2D eigenvalue weighted by Crippen LogP contribution is 2.29. The van der Waals surface area contributed by atoms with E-state index in [1.807, 2.05) is 20.8 Å². The largest absolute Gasteiger partial charge is 0.416 e. The molecule has 0 amide bonds. The first-order valence-electron chi connectivity index (χ1n) is 5.28. The fourth-order valence-corrected chi connectivity index (χ4v) is 1.02. The molecule has 0 atom stereocenters. The highest BCUT2D eigenvalue weighted by atomic mass is 19.4. The summed E-state index contributed by atoms with van der Waals surface area (Å²) in [5.41, 5.74) is 3.50. The maximum atomic E-state index is 12.3. The number of nitrogens with zero attached hydrogens (tertiary/aromatic N) is 1. The van der Waals surface area contributed by atoms with E-state index in [0.717, 1.165) is 17.8 Å². The lowest BCUT2D eigenvalue weighted by Gasteiger charge is -2.08. The van der Waals surface area contributed by atoms with Crippen LogP contribution in [-0.4, -0.2) is 5.71 Å². The molecule has 94 valence electrons. The SMILES string of the molecule is C/C(=N/Nc1ccc(C(F)(F)F)cc1)C(C)C. The molecule has 1 rings (SSSR count). The molecule has 1 aromatic rings. The van der Waals surface area contributed by atoms with Crippen LogP contribution in [0.1, 0.15) is 26.3 Å². The first-order chi connectivity index (χ1) is 7.80. The lowest BCUT2D eigenvalue weighted by atomic mass is 10.1. The Kier molecular flexibility index (Phi) is 4.15. The molecule has 2 nitrogen and oxygen atoms in total. The topological polar surface area (TPSA) is 24.4 Å². The van der Waals surface area contributed by atoms with Gasteiger partial charge in [-0.05, 0) is 37.1 Å². The molecular weight excluding hydrogens is 229 g/mol. The Hall–Kier alpha value is -1.52. The number of hydrazone groups is 1. The lowest BCUT2D eigenvalue weighted by Crippen LogP contribution is -2.06. The number of anilines is 1. The second-order valence-corrected chi connectivity index (χ2v) is 4.09. The summed E-state index contributed by atoms with van der Waals surface area (Å²) in [6.07, 6.45) is -4.30. The monoisotopic (exact) mass is 244 g/mol. The van der Waals surface area contributed by atoms with E-state index in [1.54, 1.807) is 0 Å². The van der Waals surface area contributed by atoms with Gasteiger partial charge in [0.05, 0.1) is 11.3 Å². The third kappa shape index (κ3) is 4.09. The summed E-state index contributed by atoms with van der Waals surface area (Å²) < 4.78 is 36.9. The number of rotatable bonds is 3. The molecule has 0 aliphatic carbocycles. The Morgan fingerprint density at radius 3 is 2.12 bits per heavy atom. The van der Waals surface area contributed by atoms with Gasteiger partial charge in [-0.1, -0.05) is 13.8 Å². The molecule has 17 heavy (non-hydrogen) atoms. The zero-order valence-corrected chi connectivity index (χ0v) is 9.97. The Labute approximate surface area is 98.5 Å². The lowest BCUT2D eigenvalue weighted by molar-refractivity contribution is -0.137. The van der Waals surface area contributed by atoms with Crippen molar-refractivity contribution in [2.45, 2.75) is 26.9 Å². The Morgan fingerprint density at radius 1 is 1.18 bits per heavy atom. The van der Waals surface area contributed by atoms with Gasteiger partial charge in [-0.15, -0.1) is 0 Å². The van der Waals surface area contributed by atoms with Crippen molar-refractivity contribution in [3.63, 3.8) is 0 Å². The number of alkyl halides is 3. The van der Waals surface area contributed by atoms with Crippen molar-refractivity contribution >= 4 is 11.4 Å². The molecule has 0 heterocycles. The molecule has 5 heteroatoms. The van der Waals surface area contributed by atoms with E-state index in [1.165, 1.54) is 12.1 Å². The number of nitrogens with one attached hydrogen (secondary N) is 1. The van der Waals surface area contributed by atoms with Crippen molar-refractivity contribution < 1.29 is 13.2 Å². The van der Waals surface area contributed by atoms with Gasteiger partial charge in [-0.3, -0.25) is 5.43 Å². The number of benzene rings is 1. The summed E-state index contributed by atoms with van der Waals surface area (Å²) in [6, 6.07) is 4.78. The smallest absolute Gasteiger partial charge is 0.279 e. The van der Waals surface area contributed by atoms with E-state index in [2.05, 4.69) is 10.5 Å². The van der Waals surface area contributed by atoms with Gasteiger partial charge in [-0.25, -0.2) is 0 Å². The summed E-state index contributed by atoms with van der Waals surface area (Å²) >= 11 is 0. The highest BCUT2D eigenvalue weighted by Gasteiger charge is 2.29. The normalized spacial score (nSPS) is 13.0. The second-order valence-electron chi connectivity index (χ2n) is 4.09. The van der Waals surface area contributed by atoms with Crippen molar-refractivity contribution in [2.75, 3.05) is 5.43 Å². The van der Waals surface area contributed by atoms with Crippen LogP contribution in [0.4, 0.5) is 18.9 Å². The quantitative estimate of drug-likeness (QED) is 0.627. The minimum absolute atomic E-state index is 0.303. The Morgan fingerprint density at radius 2 is 1.71 bits per heavy atom. The molecule has 0 saturated heterocycles. The van der Waals surface area contributed by atoms with Crippen LogP contribution in [0, 0.1) is 5.92 Å². The van der Waals surface area contributed by atoms with Crippen molar-refractivity contribution in [3.05, 3.63) is 29.8 Å². The third-order valence-corrected chi connectivity index (χ3v) is 2.41. The minimum atomic E-state index is -4.30. The molecule has 0 saturated carbocycles. The summed E-state index contributed by atoms with van der Waals surface area (Å²) in [4.78, 5) is 0. The number of hydrogen-bond acceptors (Lipinski definition) is 2. The maximum absolute atomic E-state index is 12.3. The van der Waals surface area contributed by atoms with Crippen LogP contribution >= 0.6 is 0 Å². The zero-order valence-electron chi connectivity index (χ0n) is 9.97. The second kappa shape index (κ2) is 5.21. The molecule has 0 fully saturated rings. The van der Waals surface area contributed by atoms with Gasteiger partial charge >= 0.3 is 6.18 Å². The van der Waals surface area contributed by atoms with Crippen LogP contribution < -0.4 is 5.43 Å². The standard InChI is InChI=1S/C12H15F3N2/c1-8(2)9(3)16-17-11-6-4-10(5-7-11)12(13,14)15/h4-8,17H,1-3H3/b16-9-. The molecule has 0 aromatic heterocycles. The summed E-state index contributed by atoms with van der Waals surface area (Å²) in [7, 11) is 0. The van der Waals surface area contributed by atoms with Crippen LogP contribution in [0.15, 0.2) is 29.4 Å². The summed E-state index contributed by atoms with van der Waals surface area (Å²) in [6.45, 7) is 5.85. The van der Waals surface area contributed by atoms with Crippen LogP contribution in [0.5, 0.6) is 0 Å². The van der Waals surface area contributed by atoms with Crippen molar-refractivity contribution in [1.29, 1.82) is 0 Å². The molecule has 0 spiro atoms. The Balaban J connectivity index is 2.73. The molecule has 1 N–H and O–H groups in total. The van der Waals surface area contributed by atoms with Crippen LogP contribution in [-0.2, 0) is 6.18 Å². The Bertz CT molecular complexity index is 391. The predicted molar refractivity (Wildman–Crippen MR) is 63.0 cm³/mol. The van der Waals surface area contributed by atoms with E-state index in [0.29, 0.717) is 11.6 Å². The van der Waals surface area contributed by atoms with Crippen molar-refractivity contribution in [1.82, 2.24) is 0 Å². The first kappa shape index (κ1) is 13.5. The van der Waals surface area contributed by atoms with E-state index >= 15 is 0 Å². The summed E-state index contributed by atoms with van der Waals surface area (Å²) in [5, 5.41) is 4.07. The number of hydrogen-bond donors (Lipinski definition) is 1. The summed E-state index contributed by atoms with van der Waals surface area (Å²) in [5.74, 6) is 0.303. The van der Waals surface area contributed by atoms with E-state index in [9.17, 15) is 13.2 Å². The van der Waals surface area contributed by atoms with Gasteiger partial charge < -0.3 is 0 Å². The van der Waals surface area contributed by atoms with Gasteiger partial charge in [0, 0.05) is 5.71 Å². The van der Waals surface area contributed by atoms with Crippen molar-refractivity contribution in [2.24, 2.45) is 11.0 Å². The molecule has 0 radical (unpaired) electrons. The molecule has 1 aromatic carbocycles. The van der Waals surface area contributed by atoms with E-state index in [4.69, 9.17) is 0 Å². The molecule has 0 aliphatic heterocycles. The average molecular weight is 244 g/mol. The van der Waals surface area contributed by atoms with E-state index < -0.39 is 11.7 Å². The van der Waals surface area contributed by atoms with Gasteiger partial charge in [-0.2, -0.15) is 18.3 Å². The van der Waals surface area contributed by atoms with E-state index in [-0.39, 0.29) is 0 Å². The minimum Gasteiger partial charge on any atom is -0.279 e. The molecular formula is C12H15F3N2. The fraction of sp³-hybridized carbons (Fsp3) is 0.417. The van der Waals surface area contributed by atoms with Gasteiger partial charge in [0.25, 0.3) is 0 Å². The molecule has 0 unspecified atom stereocenters. The van der Waals surface area contributed by atoms with Crippen LogP contribution in [0.25, 0.3) is 0 Å². The average Bonchev–Trinajstić information content (AvgIpc) is 2.25. The third-order valence-electron chi connectivity index (χ3n) is 2.41. The number of halogens is 3. The molecule has 0 aliphatic rings. The highest BCUT2D eigenvalue weighted by molar-refractivity contribution is 5.84. The van der Waals surface area contributed by atoms with Gasteiger partial charge in [0.2, 0.25) is 0 Å². The van der Waals surface area contributed by atoms with Crippen molar-refractivity contribution in [3.8, 4) is 0 Å². The first-order valence-corrected chi connectivity index (χ1v) is 5.28. The predicted octanol–water partition coefficient (Wildman–Crippen LogP) is 4.15. The van der Waals surface area contributed by atoms with Gasteiger partial charge in [0.1, 0.15) is 0 Å². The zero-order chi connectivity index (χ0) is 13.1.